The molecule has 3 rings (SSSR count). The van der Waals surface area contributed by atoms with Crippen molar-refractivity contribution in [2.75, 3.05) is 30.3 Å². The lowest BCUT2D eigenvalue weighted by atomic mass is 10.1. The number of aromatic amines is 1. The van der Waals surface area contributed by atoms with E-state index in [-0.39, 0.29) is 6.61 Å². The summed E-state index contributed by atoms with van der Waals surface area (Å²) in [7, 11) is 0. The fourth-order valence-electron chi connectivity index (χ4n) is 2.82. The predicted octanol–water partition coefficient (Wildman–Crippen LogP) is 5.71. The smallest absolute Gasteiger partial charge is 0.0606 e. The van der Waals surface area contributed by atoms with Crippen LogP contribution in [0.1, 0.15) is 20.3 Å². The van der Waals surface area contributed by atoms with Gasteiger partial charge in [-0.15, -0.1) is 0 Å². The number of para-hydroxylation sites is 1. The fraction of sp³-hybridized carbons (Fsp3) is 0.318. The minimum absolute atomic E-state index is 0.132. The van der Waals surface area contributed by atoms with Gasteiger partial charge in [-0.3, -0.25) is 0 Å². The number of anilines is 1. The first-order valence-corrected chi connectivity index (χ1v) is 10.4. The zero-order chi connectivity index (χ0) is 19.6. The molecular weight excluding hydrogens is 372 g/mol. The summed E-state index contributed by atoms with van der Waals surface area (Å²) in [6, 6.07) is 18.4. The molecule has 1 heterocycles. The molecule has 5 heteroatoms. The molecule has 0 unspecified atom stereocenters. The van der Waals surface area contributed by atoms with Crippen LogP contribution in [0.15, 0.2) is 54.6 Å². The first-order chi connectivity index (χ1) is 13.1. The Bertz CT molecular complexity index is 885. The number of H-pyrrole nitrogens is 1. The van der Waals surface area contributed by atoms with E-state index in [1.165, 1.54) is 6.42 Å². The lowest BCUT2D eigenvalue weighted by Crippen LogP contribution is -2.28. The van der Waals surface area contributed by atoms with E-state index >= 15 is 0 Å². The third-order valence-corrected chi connectivity index (χ3v) is 4.56. The van der Waals surface area contributed by atoms with Crippen LogP contribution in [0.2, 0.25) is 0 Å². The summed E-state index contributed by atoms with van der Waals surface area (Å²) in [6.07, 6.45) is 1.25. The van der Waals surface area contributed by atoms with Gasteiger partial charge in [-0.2, -0.15) is 12.6 Å². The predicted molar refractivity (Wildman–Crippen MR) is 124 cm³/mol. The Labute approximate surface area is 172 Å². The van der Waals surface area contributed by atoms with Gasteiger partial charge >= 0.3 is 0 Å². The molecule has 27 heavy (non-hydrogen) atoms. The highest BCUT2D eigenvalue weighted by Gasteiger charge is 2.07. The molecule has 2 N–H and O–H groups in total. The molecular formula is C22H28N2OS2. The quantitative estimate of drug-likeness (QED) is 0.367. The molecule has 0 saturated carbocycles. The minimum Gasteiger partial charge on any atom is -0.395 e. The summed E-state index contributed by atoms with van der Waals surface area (Å²) in [6.45, 7) is 5.80. The first-order valence-electron chi connectivity index (χ1n) is 9.33. The van der Waals surface area contributed by atoms with Gasteiger partial charge in [0.25, 0.3) is 0 Å². The van der Waals surface area contributed by atoms with E-state index in [2.05, 4.69) is 60.6 Å². The van der Waals surface area contributed by atoms with Crippen molar-refractivity contribution in [3.05, 3.63) is 59.1 Å². The van der Waals surface area contributed by atoms with Crippen molar-refractivity contribution in [2.24, 2.45) is 0 Å². The summed E-state index contributed by atoms with van der Waals surface area (Å²) in [5.74, 6) is 0.750. The Kier molecular flexibility index (Phi) is 8.85. The van der Waals surface area contributed by atoms with Gasteiger partial charge in [0.1, 0.15) is 0 Å². The summed E-state index contributed by atoms with van der Waals surface area (Å²) in [4.78, 5) is 5.57. The maximum atomic E-state index is 9.21. The van der Waals surface area contributed by atoms with Gasteiger partial charge in [-0.25, -0.2) is 0 Å². The second-order valence-electron chi connectivity index (χ2n) is 6.28. The minimum atomic E-state index is 0.132. The molecule has 0 aliphatic rings. The summed E-state index contributed by atoms with van der Waals surface area (Å²) >= 11 is 9.80. The number of pyridine rings is 1. The van der Waals surface area contributed by atoms with E-state index in [1.807, 2.05) is 30.3 Å². The van der Waals surface area contributed by atoms with Crippen LogP contribution in [-0.2, 0) is 0 Å². The highest BCUT2D eigenvalue weighted by Crippen LogP contribution is 2.25. The highest BCUT2D eigenvalue weighted by molar-refractivity contribution is 7.80. The van der Waals surface area contributed by atoms with Crippen LogP contribution in [0.4, 0.5) is 5.69 Å². The van der Waals surface area contributed by atoms with Crippen LogP contribution in [0.3, 0.4) is 0 Å². The normalized spacial score (nSPS) is 10.4. The van der Waals surface area contributed by atoms with E-state index in [9.17, 15) is 5.11 Å². The Morgan fingerprint density at radius 3 is 2.33 bits per heavy atom. The van der Waals surface area contributed by atoms with E-state index < -0.39 is 0 Å². The van der Waals surface area contributed by atoms with Crippen molar-refractivity contribution < 1.29 is 5.11 Å². The number of nitrogens with zero attached hydrogens (tertiary/aromatic N) is 1. The fourth-order valence-corrected chi connectivity index (χ4v) is 3.35. The van der Waals surface area contributed by atoms with E-state index in [4.69, 9.17) is 12.2 Å². The zero-order valence-corrected chi connectivity index (χ0v) is 17.7. The molecule has 0 spiro atoms. The average molecular weight is 401 g/mol. The van der Waals surface area contributed by atoms with Crippen LogP contribution in [0.25, 0.3) is 22.2 Å². The maximum Gasteiger partial charge on any atom is 0.0606 e. The third kappa shape index (κ3) is 5.83. The van der Waals surface area contributed by atoms with Crippen LogP contribution in [-0.4, -0.2) is 35.5 Å². The molecule has 0 saturated heterocycles. The third-order valence-electron chi connectivity index (χ3n) is 4.02. The van der Waals surface area contributed by atoms with Gasteiger partial charge in [0.15, 0.2) is 0 Å². The summed E-state index contributed by atoms with van der Waals surface area (Å²) in [5.41, 5.74) is 4.22. The van der Waals surface area contributed by atoms with E-state index in [0.717, 1.165) is 44.7 Å². The van der Waals surface area contributed by atoms with E-state index in [0.29, 0.717) is 6.54 Å². The number of aliphatic hydroxyl groups is 1. The van der Waals surface area contributed by atoms with Gasteiger partial charge in [0.05, 0.1) is 6.61 Å². The lowest BCUT2D eigenvalue weighted by Gasteiger charge is -2.23. The topological polar surface area (TPSA) is 39.3 Å². The van der Waals surface area contributed by atoms with Crippen molar-refractivity contribution >= 4 is 41.4 Å². The lowest BCUT2D eigenvalue weighted by molar-refractivity contribution is 0.302. The summed E-state index contributed by atoms with van der Waals surface area (Å²) < 4.78 is 0.848. The van der Waals surface area contributed by atoms with Crippen LogP contribution in [0, 0.1) is 4.51 Å². The molecule has 0 fully saturated rings. The SMILES string of the molecule is CCC.OCCN(CCS)c1ccc(-c2cc(=S)c3ccccc3[nH]2)cc1. The number of hydrogen-bond acceptors (Lipinski definition) is 4. The molecule has 0 bridgehead atoms. The van der Waals surface area contributed by atoms with Gasteiger partial charge < -0.3 is 15.0 Å². The monoisotopic (exact) mass is 400 g/mol. The number of aromatic nitrogens is 1. The Morgan fingerprint density at radius 1 is 1.04 bits per heavy atom. The number of benzene rings is 2. The summed E-state index contributed by atoms with van der Waals surface area (Å²) in [5, 5.41) is 10.3. The number of fused-ring (bicyclic) bond motifs is 1. The largest absolute Gasteiger partial charge is 0.395 e. The second-order valence-corrected chi connectivity index (χ2v) is 7.17. The van der Waals surface area contributed by atoms with Crippen LogP contribution < -0.4 is 4.90 Å². The van der Waals surface area contributed by atoms with E-state index in [1.54, 1.807) is 0 Å². The molecule has 0 radical (unpaired) electrons. The molecule has 1 aromatic heterocycles. The van der Waals surface area contributed by atoms with Crippen molar-refractivity contribution in [3.8, 4) is 11.3 Å². The van der Waals surface area contributed by atoms with Crippen molar-refractivity contribution in [1.82, 2.24) is 4.98 Å². The van der Waals surface area contributed by atoms with Crippen LogP contribution in [0.5, 0.6) is 0 Å². The van der Waals surface area contributed by atoms with Gasteiger partial charge in [0, 0.05) is 45.6 Å². The Morgan fingerprint density at radius 2 is 1.70 bits per heavy atom. The standard InChI is InChI=1S/C19H20N2OS2.C3H8/c22-11-9-21(10-12-23)15-7-5-14(6-8-15)18-13-19(24)16-3-1-2-4-17(16)20-18;1-3-2/h1-8,13,22-23H,9-12H2,(H,20,24);3H2,1-2H3. The molecule has 3 aromatic rings. The number of rotatable bonds is 6. The van der Waals surface area contributed by atoms with Gasteiger partial charge in [-0.1, -0.05) is 62.8 Å². The van der Waals surface area contributed by atoms with Crippen molar-refractivity contribution in [2.45, 2.75) is 20.3 Å². The Balaban J connectivity index is 0.000000817. The maximum absolute atomic E-state index is 9.21. The van der Waals surface area contributed by atoms with Gasteiger partial charge in [-0.05, 0) is 29.8 Å². The average Bonchev–Trinajstić information content (AvgIpc) is 2.69. The Hall–Kier alpha value is -1.82. The van der Waals surface area contributed by atoms with Crippen LogP contribution >= 0.6 is 24.8 Å². The molecule has 0 aliphatic carbocycles. The molecule has 3 nitrogen and oxygen atoms in total. The molecule has 0 amide bonds. The second kappa shape index (κ2) is 11.1. The highest BCUT2D eigenvalue weighted by atomic mass is 32.1. The first kappa shape index (κ1) is 21.5. The number of aliphatic hydroxyl groups excluding tert-OH is 1. The zero-order valence-electron chi connectivity index (χ0n) is 16.0. The molecule has 0 aliphatic heterocycles. The number of nitrogens with one attached hydrogen (secondary N) is 1. The van der Waals surface area contributed by atoms with Crippen molar-refractivity contribution in [3.63, 3.8) is 0 Å². The molecule has 0 atom stereocenters. The molecule has 144 valence electrons. The number of thiol groups is 1. The van der Waals surface area contributed by atoms with Crippen molar-refractivity contribution in [1.29, 1.82) is 0 Å². The van der Waals surface area contributed by atoms with Gasteiger partial charge in [0.2, 0.25) is 0 Å². The molecule has 2 aromatic carbocycles. The number of hydrogen-bond donors (Lipinski definition) is 3.